The van der Waals surface area contributed by atoms with Crippen LogP contribution in [0.15, 0.2) is 0 Å². The Labute approximate surface area is 94.8 Å². The van der Waals surface area contributed by atoms with Crippen LogP contribution in [0.25, 0.3) is 0 Å². The summed E-state index contributed by atoms with van der Waals surface area (Å²) in [7, 11) is 3.42. The Kier molecular flexibility index (Phi) is 12.9. The molecule has 3 heteroatoms. The van der Waals surface area contributed by atoms with Crippen LogP contribution in [-0.2, 0) is 9.53 Å². The molecule has 1 aliphatic heterocycles. The monoisotopic (exact) mass is 217 g/mol. The number of rotatable bonds is 1. The van der Waals surface area contributed by atoms with Crippen molar-refractivity contribution in [3.63, 3.8) is 0 Å². The largest absolute Gasteiger partial charge is 0.468 e. The third kappa shape index (κ3) is 6.50. The van der Waals surface area contributed by atoms with Gasteiger partial charge in [0.1, 0.15) is 6.04 Å². The van der Waals surface area contributed by atoms with Crippen molar-refractivity contribution in [3.05, 3.63) is 0 Å². The number of hydrogen-bond acceptors (Lipinski definition) is 3. The SMILES string of the molecule is CC.CC.COC(=O)C1CCCCN1C. The second kappa shape index (κ2) is 11.5. The molecule has 0 spiro atoms. The maximum atomic E-state index is 11.1. The predicted octanol–water partition coefficient (Wildman–Crippen LogP) is 2.70. The van der Waals surface area contributed by atoms with E-state index >= 15 is 0 Å². The van der Waals surface area contributed by atoms with E-state index in [4.69, 9.17) is 0 Å². The molecule has 1 heterocycles. The Bertz CT molecular complexity index is 149. The second-order valence-electron chi connectivity index (χ2n) is 3.02. The van der Waals surface area contributed by atoms with Crippen LogP contribution in [0.3, 0.4) is 0 Å². The van der Waals surface area contributed by atoms with Gasteiger partial charge in [0.05, 0.1) is 7.11 Å². The van der Waals surface area contributed by atoms with Crippen LogP contribution in [-0.4, -0.2) is 37.6 Å². The summed E-state index contributed by atoms with van der Waals surface area (Å²) in [5.41, 5.74) is 0. The van der Waals surface area contributed by atoms with Crippen LogP contribution in [0.5, 0.6) is 0 Å². The van der Waals surface area contributed by atoms with Gasteiger partial charge < -0.3 is 4.74 Å². The standard InChI is InChI=1S/C8H15NO2.2C2H6/c1-9-6-4-3-5-7(9)8(10)11-2;2*1-2/h7H,3-6H2,1-2H3;2*1-2H3. The maximum absolute atomic E-state index is 11.1. The van der Waals surface area contributed by atoms with Gasteiger partial charge in [0.15, 0.2) is 0 Å². The molecule has 0 aromatic carbocycles. The first-order valence-corrected chi connectivity index (χ1v) is 6.04. The third-order valence-electron chi connectivity index (χ3n) is 2.24. The molecule has 1 unspecified atom stereocenters. The van der Waals surface area contributed by atoms with E-state index < -0.39 is 0 Å². The number of likely N-dealkylation sites (N-methyl/N-ethyl adjacent to an activating group) is 1. The molecule has 0 radical (unpaired) electrons. The molecule has 1 fully saturated rings. The van der Waals surface area contributed by atoms with Crippen molar-refractivity contribution in [1.29, 1.82) is 0 Å². The Morgan fingerprint density at radius 1 is 1.20 bits per heavy atom. The minimum absolute atomic E-state index is 0.00810. The zero-order valence-electron chi connectivity index (χ0n) is 11.2. The molecule has 1 atom stereocenters. The average Bonchev–Trinajstić information content (AvgIpc) is 2.34. The normalized spacial score (nSPS) is 20.3. The molecule has 0 aromatic rings. The Morgan fingerprint density at radius 2 is 1.73 bits per heavy atom. The number of hydrogen-bond donors (Lipinski definition) is 0. The van der Waals surface area contributed by atoms with E-state index in [0.717, 1.165) is 19.4 Å². The molecular formula is C12H27NO2. The number of piperidine rings is 1. The lowest BCUT2D eigenvalue weighted by atomic mass is 10.0. The predicted molar refractivity (Wildman–Crippen MR) is 65.0 cm³/mol. The van der Waals surface area contributed by atoms with Crippen LogP contribution in [0.1, 0.15) is 47.0 Å². The molecular weight excluding hydrogens is 190 g/mol. The first kappa shape index (κ1) is 16.8. The zero-order valence-corrected chi connectivity index (χ0v) is 11.2. The molecule has 0 N–H and O–H groups in total. The fraction of sp³-hybridized carbons (Fsp3) is 0.917. The fourth-order valence-corrected chi connectivity index (χ4v) is 1.51. The number of esters is 1. The van der Waals surface area contributed by atoms with E-state index in [-0.39, 0.29) is 12.0 Å². The average molecular weight is 217 g/mol. The number of carbonyl (C=O) groups is 1. The van der Waals surface area contributed by atoms with E-state index in [0.29, 0.717) is 0 Å². The van der Waals surface area contributed by atoms with E-state index in [1.807, 2.05) is 34.7 Å². The first-order chi connectivity index (χ1) is 7.25. The van der Waals surface area contributed by atoms with E-state index in [1.54, 1.807) is 0 Å². The lowest BCUT2D eigenvalue weighted by Crippen LogP contribution is -2.42. The molecule has 15 heavy (non-hydrogen) atoms. The summed E-state index contributed by atoms with van der Waals surface area (Å²) in [5, 5.41) is 0. The van der Waals surface area contributed by atoms with Gasteiger partial charge in [0.2, 0.25) is 0 Å². The van der Waals surface area contributed by atoms with Gasteiger partial charge in [0.25, 0.3) is 0 Å². The van der Waals surface area contributed by atoms with Gasteiger partial charge in [-0.1, -0.05) is 34.1 Å². The Morgan fingerprint density at radius 3 is 2.13 bits per heavy atom. The number of methoxy groups -OCH3 is 1. The number of likely N-dealkylation sites (tertiary alicyclic amines) is 1. The molecule has 92 valence electrons. The number of carbonyl (C=O) groups excluding carboxylic acids is 1. The molecule has 0 saturated carbocycles. The molecule has 1 saturated heterocycles. The highest BCUT2D eigenvalue weighted by Crippen LogP contribution is 2.15. The first-order valence-electron chi connectivity index (χ1n) is 6.04. The van der Waals surface area contributed by atoms with Crippen LogP contribution >= 0.6 is 0 Å². The van der Waals surface area contributed by atoms with Gasteiger partial charge in [0, 0.05) is 0 Å². The summed E-state index contributed by atoms with van der Waals surface area (Å²) < 4.78 is 4.68. The number of ether oxygens (including phenoxy) is 1. The minimum Gasteiger partial charge on any atom is -0.468 e. The van der Waals surface area contributed by atoms with Gasteiger partial charge in [-0.15, -0.1) is 0 Å². The highest BCUT2D eigenvalue weighted by molar-refractivity contribution is 5.75. The quantitative estimate of drug-likeness (QED) is 0.632. The third-order valence-corrected chi connectivity index (χ3v) is 2.24. The Balaban J connectivity index is 0. The van der Waals surface area contributed by atoms with Crippen molar-refractivity contribution in [1.82, 2.24) is 4.90 Å². The van der Waals surface area contributed by atoms with Crippen molar-refractivity contribution in [2.75, 3.05) is 20.7 Å². The minimum atomic E-state index is -0.0906. The van der Waals surface area contributed by atoms with E-state index in [9.17, 15) is 4.79 Å². The molecule has 0 amide bonds. The van der Waals surface area contributed by atoms with Crippen molar-refractivity contribution in [2.45, 2.75) is 53.0 Å². The zero-order chi connectivity index (χ0) is 12.3. The van der Waals surface area contributed by atoms with Gasteiger partial charge in [-0.2, -0.15) is 0 Å². The maximum Gasteiger partial charge on any atom is 0.323 e. The second-order valence-corrected chi connectivity index (χ2v) is 3.02. The molecule has 0 aromatic heterocycles. The molecule has 1 aliphatic rings. The van der Waals surface area contributed by atoms with Crippen molar-refractivity contribution in [3.8, 4) is 0 Å². The lowest BCUT2D eigenvalue weighted by molar-refractivity contribution is -0.147. The van der Waals surface area contributed by atoms with Gasteiger partial charge in [-0.25, -0.2) is 0 Å². The topological polar surface area (TPSA) is 29.5 Å². The summed E-state index contributed by atoms with van der Waals surface area (Å²) in [4.78, 5) is 13.2. The van der Waals surface area contributed by atoms with Crippen molar-refractivity contribution < 1.29 is 9.53 Å². The van der Waals surface area contributed by atoms with Crippen LogP contribution in [0, 0.1) is 0 Å². The Hall–Kier alpha value is -0.570. The molecule has 1 rings (SSSR count). The molecule has 0 bridgehead atoms. The van der Waals surface area contributed by atoms with Gasteiger partial charge >= 0.3 is 5.97 Å². The molecule has 0 aliphatic carbocycles. The lowest BCUT2D eigenvalue weighted by Gasteiger charge is -2.29. The van der Waals surface area contributed by atoms with Gasteiger partial charge in [-0.05, 0) is 26.4 Å². The summed E-state index contributed by atoms with van der Waals surface area (Å²) in [6.07, 6.45) is 3.29. The summed E-state index contributed by atoms with van der Waals surface area (Å²) in [5.74, 6) is -0.0906. The highest BCUT2D eigenvalue weighted by atomic mass is 16.5. The highest BCUT2D eigenvalue weighted by Gasteiger charge is 2.25. The summed E-state index contributed by atoms with van der Waals surface area (Å²) >= 11 is 0. The van der Waals surface area contributed by atoms with Gasteiger partial charge in [-0.3, -0.25) is 9.69 Å². The van der Waals surface area contributed by atoms with Crippen molar-refractivity contribution in [2.24, 2.45) is 0 Å². The van der Waals surface area contributed by atoms with E-state index in [1.165, 1.54) is 13.5 Å². The summed E-state index contributed by atoms with van der Waals surface area (Å²) in [6.45, 7) is 9.01. The van der Waals surface area contributed by atoms with E-state index in [2.05, 4.69) is 9.64 Å². The van der Waals surface area contributed by atoms with Crippen LogP contribution < -0.4 is 0 Å². The van der Waals surface area contributed by atoms with Crippen LogP contribution in [0.4, 0.5) is 0 Å². The van der Waals surface area contributed by atoms with Crippen LogP contribution in [0.2, 0.25) is 0 Å². The van der Waals surface area contributed by atoms with Crippen molar-refractivity contribution >= 4 is 5.97 Å². The summed E-state index contributed by atoms with van der Waals surface area (Å²) in [6, 6.07) is 0.00810. The molecule has 3 nitrogen and oxygen atoms in total. The fourth-order valence-electron chi connectivity index (χ4n) is 1.51. The smallest absolute Gasteiger partial charge is 0.323 e. The number of nitrogens with zero attached hydrogens (tertiary/aromatic N) is 1.